The monoisotopic (exact) mass is 287 g/mol. The van der Waals surface area contributed by atoms with E-state index in [0.29, 0.717) is 0 Å². The number of hydrogen-bond acceptors (Lipinski definition) is 3. The van der Waals surface area contributed by atoms with Crippen LogP contribution in [0.1, 0.15) is 23.2 Å². The third-order valence-corrected chi connectivity index (χ3v) is 3.10. The highest BCUT2D eigenvalue weighted by molar-refractivity contribution is 6.41. The van der Waals surface area contributed by atoms with E-state index in [9.17, 15) is 9.59 Å². The van der Waals surface area contributed by atoms with E-state index in [1.165, 1.54) is 12.3 Å². The van der Waals surface area contributed by atoms with Gasteiger partial charge in [0.1, 0.15) is 5.15 Å². The first-order valence-electron chi connectivity index (χ1n) is 5.45. The van der Waals surface area contributed by atoms with Crippen LogP contribution < -0.4 is 10.6 Å². The van der Waals surface area contributed by atoms with Gasteiger partial charge in [0.2, 0.25) is 5.91 Å². The lowest BCUT2D eigenvalue weighted by Gasteiger charge is -2.06. The maximum atomic E-state index is 11.7. The summed E-state index contributed by atoms with van der Waals surface area (Å²) in [6.45, 7) is -0.0599. The predicted octanol–water partition coefficient (Wildman–Crippen LogP) is 1.40. The highest BCUT2D eigenvalue weighted by Gasteiger charge is 2.23. The van der Waals surface area contributed by atoms with Crippen LogP contribution in [0, 0.1) is 0 Å². The Hall–Kier alpha value is -1.33. The van der Waals surface area contributed by atoms with Crippen molar-refractivity contribution in [2.45, 2.75) is 18.9 Å². The van der Waals surface area contributed by atoms with Gasteiger partial charge < -0.3 is 10.6 Å². The van der Waals surface area contributed by atoms with Gasteiger partial charge in [0, 0.05) is 12.2 Å². The second-order valence-electron chi connectivity index (χ2n) is 4.02. The van der Waals surface area contributed by atoms with Crippen LogP contribution in [-0.2, 0) is 4.79 Å². The van der Waals surface area contributed by atoms with Crippen LogP contribution in [-0.4, -0.2) is 29.4 Å². The summed E-state index contributed by atoms with van der Waals surface area (Å²) in [6, 6.07) is 1.69. The van der Waals surface area contributed by atoms with Gasteiger partial charge in [-0.05, 0) is 18.9 Å². The average Bonchev–Trinajstić information content (AvgIpc) is 3.13. The largest absolute Gasteiger partial charge is 0.352 e. The molecule has 0 aliphatic heterocycles. The molecule has 1 aliphatic carbocycles. The van der Waals surface area contributed by atoms with Crippen LogP contribution in [0.15, 0.2) is 12.3 Å². The maximum absolute atomic E-state index is 11.7. The number of aromatic nitrogens is 1. The molecular formula is C11H11Cl2N3O2. The summed E-state index contributed by atoms with van der Waals surface area (Å²) in [4.78, 5) is 26.8. The molecule has 2 amide bonds. The third-order valence-electron chi connectivity index (χ3n) is 2.41. The number of nitrogens with zero attached hydrogens (tertiary/aromatic N) is 1. The van der Waals surface area contributed by atoms with Gasteiger partial charge in [0.25, 0.3) is 5.91 Å². The van der Waals surface area contributed by atoms with Crippen molar-refractivity contribution in [3.05, 3.63) is 28.0 Å². The molecule has 1 aromatic rings. The zero-order valence-electron chi connectivity index (χ0n) is 9.37. The highest BCUT2D eigenvalue weighted by atomic mass is 35.5. The van der Waals surface area contributed by atoms with Crippen molar-refractivity contribution in [1.29, 1.82) is 0 Å². The smallest absolute Gasteiger partial charge is 0.253 e. The molecule has 0 atom stereocenters. The first-order valence-corrected chi connectivity index (χ1v) is 6.20. The summed E-state index contributed by atoms with van der Waals surface area (Å²) in [5, 5.41) is 5.59. The van der Waals surface area contributed by atoms with E-state index in [0.717, 1.165) is 12.8 Å². The Kier molecular flexibility index (Phi) is 4.04. The Labute approximate surface area is 114 Å². The van der Waals surface area contributed by atoms with E-state index in [1.54, 1.807) is 0 Å². The zero-order chi connectivity index (χ0) is 13.1. The van der Waals surface area contributed by atoms with Crippen molar-refractivity contribution >= 4 is 35.0 Å². The van der Waals surface area contributed by atoms with Crippen LogP contribution in [0.4, 0.5) is 0 Å². The summed E-state index contributed by atoms with van der Waals surface area (Å²) >= 11 is 11.4. The summed E-state index contributed by atoms with van der Waals surface area (Å²) in [6.07, 6.45) is 3.33. The SMILES string of the molecule is O=C(CNC(=O)c1cnc(Cl)c(Cl)c1)NC1CC1. The van der Waals surface area contributed by atoms with E-state index < -0.39 is 5.91 Å². The molecule has 96 valence electrons. The quantitative estimate of drug-likeness (QED) is 0.823. The van der Waals surface area contributed by atoms with Gasteiger partial charge in [-0.2, -0.15) is 0 Å². The molecule has 2 rings (SSSR count). The van der Waals surface area contributed by atoms with Crippen molar-refractivity contribution in [2.24, 2.45) is 0 Å². The minimum Gasteiger partial charge on any atom is -0.352 e. The Morgan fingerprint density at radius 3 is 2.72 bits per heavy atom. The first-order chi connectivity index (χ1) is 8.56. The van der Waals surface area contributed by atoms with E-state index in [1.807, 2.05) is 0 Å². The molecule has 0 unspecified atom stereocenters. The molecule has 0 radical (unpaired) electrons. The molecule has 18 heavy (non-hydrogen) atoms. The number of carbonyl (C=O) groups is 2. The molecule has 0 saturated heterocycles. The van der Waals surface area contributed by atoms with Gasteiger partial charge in [0.05, 0.1) is 17.1 Å². The standard InChI is InChI=1S/C11H11Cl2N3O2/c12-8-3-6(4-14-10(8)13)11(18)15-5-9(17)16-7-1-2-7/h3-4,7H,1-2,5H2,(H,15,18)(H,16,17). The van der Waals surface area contributed by atoms with Crippen LogP contribution in [0.2, 0.25) is 10.2 Å². The molecule has 5 nitrogen and oxygen atoms in total. The molecule has 1 aliphatic rings. The molecule has 0 bridgehead atoms. The number of rotatable bonds is 4. The Bertz CT molecular complexity index is 489. The molecule has 1 saturated carbocycles. The van der Waals surface area contributed by atoms with E-state index in [-0.39, 0.29) is 34.2 Å². The van der Waals surface area contributed by atoms with Crippen molar-refractivity contribution in [3.8, 4) is 0 Å². The number of halogens is 2. The molecule has 7 heteroatoms. The average molecular weight is 288 g/mol. The summed E-state index contributed by atoms with van der Waals surface area (Å²) in [5.74, 6) is -0.606. The molecule has 0 aromatic carbocycles. The van der Waals surface area contributed by atoms with Gasteiger partial charge in [-0.15, -0.1) is 0 Å². The number of hydrogen-bond donors (Lipinski definition) is 2. The van der Waals surface area contributed by atoms with Crippen molar-refractivity contribution in [2.75, 3.05) is 6.54 Å². The normalized spacial score (nSPS) is 14.1. The topological polar surface area (TPSA) is 71.1 Å². The minimum absolute atomic E-state index is 0.0599. The number of amides is 2. The summed E-state index contributed by atoms with van der Waals surface area (Å²) in [5.41, 5.74) is 0.267. The third kappa shape index (κ3) is 3.58. The first kappa shape index (κ1) is 13.1. The van der Waals surface area contributed by atoms with Crippen molar-refractivity contribution in [3.63, 3.8) is 0 Å². The van der Waals surface area contributed by atoms with Crippen LogP contribution in [0.25, 0.3) is 0 Å². The number of nitrogens with one attached hydrogen (secondary N) is 2. The van der Waals surface area contributed by atoms with Crippen molar-refractivity contribution < 1.29 is 9.59 Å². The highest BCUT2D eigenvalue weighted by Crippen LogP contribution is 2.19. The number of pyridine rings is 1. The second kappa shape index (κ2) is 5.54. The molecule has 1 aromatic heterocycles. The lowest BCUT2D eigenvalue weighted by atomic mass is 10.2. The van der Waals surface area contributed by atoms with E-state index in [2.05, 4.69) is 15.6 Å². The van der Waals surface area contributed by atoms with Crippen LogP contribution in [0.3, 0.4) is 0 Å². The summed E-state index contributed by atoms with van der Waals surface area (Å²) in [7, 11) is 0. The molecular weight excluding hydrogens is 277 g/mol. The van der Waals surface area contributed by atoms with Crippen molar-refractivity contribution in [1.82, 2.24) is 15.6 Å². The second-order valence-corrected chi connectivity index (χ2v) is 4.79. The molecule has 0 spiro atoms. The fraction of sp³-hybridized carbons (Fsp3) is 0.364. The molecule has 1 heterocycles. The van der Waals surface area contributed by atoms with E-state index in [4.69, 9.17) is 23.2 Å². The Balaban J connectivity index is 1.86. The number of carbonyl (C=O) groups excluding carboxylic acids is 2. The minimum atomic E-state index is -0.410. The predicted molar refractivity (Wildman–Crippen MR) is 67.8 cm³/mol. The Morgan fingerprint density at radius 2 is 2.11 bits per heavy atom. The van der Waals surface area contributed by atoms with Gasteiger partial charge in [-0.3, -0.25) is 9.59 Å². The van der Waals surface area contributed by atoms with Crippen LogP contribution >= 0.6 is 23.2 Å². The van der Waals surface area contributed by atoms with Gasteiger partial charge in [0.15, 0.2) is 0 Å². The maximum Gasteiger partial charge on any atom is 0.253 e. The van der Waals surface area contributed by atoms with Gasteiger partial charge in [-0.25, -0.2) is 4.98 Å². The fourth-order valence-electron chi connectivity index (χ4n) is 1.31. The lowest BCUT2D eigenvalue weighted by molar-refractivity contribution is -0.120. The van der Waals surface area contributed by atoms with Gasteiger partial charge >= 0.3 is 0 Å². The lowest BCUT2D eigenvalue weighted by Crippen LogP contribution is -2.37. The molecule has 1 fully saturated rings. The zero-order valence-corrected chi connectivity index (χ0v) is 10.9. The van der Waals surface area contributed by atoms with E-state index >= 15 is 0 Å². The van der Waals surface area contributed by atoms with Gasteiger partial charge in [-0.1, -0.05) is 23.2 Å². The molecule has 2 N–H and O–H groups in total. The van der Waals surface area contributed by atoms with Crippen LogP contribution in [0.5, 0.6) is 0 Å². The fourth-order valence-corrected chi connectivity index (χ4v) is 1.58. The summed E-state index contributed by atoms with van der Waals surface area (Å²) < 4.78 is 0. The Morgan fingerprint density at radius 1 is 1.39 bits per heavy atom.